The van der Waals surface area contributed by atoms with Crippen LogP contribution in [0.2, 0.25) is 0 Å². The molecular formula is C34H37N5O3. The standard InChI is InChI=1S/C34H37N5O3/c40-29-23-8-21-9-24(29)16-34(14-21,15-23)31(41)36-25-3-1-22(2-4-25)30-37-26-10-28(35-17-27(26)38-30)39-32(42)33-11-18-5-19(12-33)7-20(6-18)13-33/h1-4,10,17-21,23-24H,5-9,11-16H2,(H,36,41)(H,37,38)(H,35,39,42)/t18?,19?,20?,21?,23-,24+,33?,34?. The molecule has 0 spiro atoms. The van der Waals surface area contributed by atoms with Crippen molar-refractivity contribution in [3.05, 3.63) is 36.5 Å². The number of fused-ring (bicyclic) bond motifs is 1. The van der Waals surface area contributed by atoms with Gasteiger partial charge in [-0.1, -0.05) is 0 Å². The van der Waals surface area contributed by atoms with Gasteiger partial charge in [0.15, 0.2) is 0 Å². The van der Waals surface area contributed by atoms with Crippen molar-refractivity contribution in [2.24, 2.45) is 46.3 Å². The van der Waals surface area contributed by atoms with Gasteiger partial charge < -0.3 is 15.6 Å². The number of aromatic amines is 1. The third kappa shape index (κ3) is 3.82. The number of ketones is 1. The Morgan fingerprint density at radius 2 is 1.33 bits per heavy atom. The average Bonchev–Trinajstić information content (AvgIpc) is 3.38. The highest BCUT2D eigenvalue weighted by Gasteiger charge is 2.58. The quantitative estimate of drug-likeness (QED) is 0.346. The Balaban J connectivity index is 0.895. The topological polar surface area (TPSA) is 117 Å². The van der Waals surface area contributed by atoms with Gasteiger partial charge in [0, 0.05) is 29.2 Å². The van der Waals surface area contributed by atoms with E-state index in [1.54, 1.807) is 6.20 Å². The Morgan fingerprint density at radius 1 is 0.762 bits per heavy atom. The highest BCUT2D eigenvalue weighted by molar-refractivity contribution is 5.99. The second-order valence-corrected chi connectivity index (χ2v) is 14.9. The summed E-state index contributed by atoms with van der Waals surface area (Å²) in [5.41, 5.74) is 2.63. The summed E-state index contributed by atoms with van der Waals surface area (Å²) < 4.78 is 0. The number of carbonyl (C=O) groups excluding carboxylic acids is 3. The normalized spacial score (nSPS) is 37.4. The molecule has 8 fully saturated rings. The molecule has 216 valence electrons. The minimum atomic E-state index is -0.391. The zero-order valence-electron chi connectivity index (χ0n) is 23.8. The van der Waals surface area contributed by atoms with Crippen molar-refractivity contribution in [2.75, 3.05) is 10.6 Å². The third-order valence-corrected chi connectivity index (χ3v) is 12.0. The minimum absolute atomic E-state index is 0.0695. The van der Waals surface area contributed by atoms with Gasteiger partial charge in [-0.25, -0.2) is 9.97 Å². The first kappa shape index (κ1) is 25.0. The summed E-state index contributed by atoms with van der Waals surface area (Å²) in [6.45, 7) is 0. The van der Waals surface area contributed by atoms with Gasteiger partial charge in [0.1, 0.15) is 17.4 Å². The number of H-pyrrole nitrogens is 1. The minimum Gasteiger partial charge on any atom is -0.337 e. The highest BCUT2D eigenvalue weighted by atomic mass is 16.2. The maximum atomic E-state index is 13.5. The monoisotopic (exact) mass is 563 g/mol. The van der Waals surface area contributed by atoms with Gasteiger partial charge in [-0.2, -0.15) is 0 Å². The number of benzene rings is 1. The Labute approximate surface area is 244 Å². The van der Waals surface area contributed by atoms with Crippen LogP contribution >= 0.6 is 0 Å². The van der Waals surface area contributed by atoms with E-state index in [9.17, 15) is 14.4 Å². The number of amides is 2. The van der Waals surface area contributed by atoms with Gasteiger partial charge in [0.25, 0.3) is 0 Å². The molecule has 42 heavy (non-hydrogen) atoms. The zero-order valence-corrected chi connectivity index (χ0v) is 23.8. The van der Waals surface area contributed by atoms with Gasteiger partial charge in [-0.05, 0) is 119 Å². The van der Waals surface area contributed by atoms with Gasteiger partial charge >= 0.3 is 0 Å². The maximum absolute atomic E-state index is 13.5. The number of hydrogen-bond acceptors (Lipinski definition) is 5. The largest absolute Gasteiger partial charge is 0.337 e. The molecule has 3 aromatic rings. The fourth-order valence-corrected chi connectivity index (χ4v) is 10.8. The Hall–Kier alpha value is -3.55. The Bertz CT molecular complexity index is 1590. The van der Waals surface area contributed by atoms with Crippen molar-refractivity contribution in [3.8, 4) is 11.4 Å². The van der Waals surface area contributed by atoms with E-state index in [-0.39, 0.29) is 29.1 Å². The molecule has 2 amide bonds. The number of nitrogens with zero attached hydrogens (tertiary/aromatic N) is 2. The van der Waals surface area contributed by atoms with E-state index in [1.807, 2.05) is 30.3 Å². The van der Waals surface area contributed by atoms with Crippen LogP contribution in [0.4, 0.5) is 11.5 Å². The summed E-state index contributed by atoms with van der Waals surface area (Å²) in [4.78, 5) is 52.2. The zero-order chi connectivity index (χ0) is 28.2. The molecule has 11 rings (SSSR count). The second-order valence-electron chi connectivity index (χ2n) is 14.9. The van der Waals surface area contributed by atoms with Gasteiger partial charge in [-0.15, -0.1) is 0 Å². The molecule has 8 bridgehead atoms. The number of aromatic nitrogens is 3. The van der Waals surface area contributed by atoms with E-state index in [1.165, 1.54) is 19.3 Å². The van der Waals surface area contributed by atoms with E-state index in [0.717, 1.165) is 60.8 Å². The van der Waals surface area contributed by atoms with Crippen LogP contribution in [-0.4, -0.2) is 32.5 Å². The fraction of sp³-hybridized carbons (Fsp3) is 0.559. The van der Waals surface area contributed by atoms with Gasteiger partial charge in [-0.3, -0.25) is 14.4 Å². The molecule has 8 nitrogen and oxygen atoms in total. The average molecular weight is 564 g/mol. The van der Waals surface area contributed by atoms with Crippen LogP contribution in [0.1, 0.15) is 70.6 Å². The molecule has 2 unspecified atom stereocenters. The number of pyridine rings is 1. The summed E-state index contributed by atoms with van der Waals surface area (Å²) in [6, 6.07) is 9.61. The van der Waals surface area contributed by atoms with Crippen LogP contribution in [0.15, 0.2) is 36.5 Å². The summed E-state index contributed by atoms with van der Waals surface area (Å²) >= 11 is 0. The lowest BCUT2D eigenvalue weighted by molar-refractivity contribution is -0.154. The van der Waals surface area contributed by atoms with Gasteiger partial charge in [0.2, 0.25) is 11.8 Å². The number of imidazole rings is 1. The van der Waals surface area contributed by atoms with E-state index >= 15 is 0 Å². The van der Waals surface area contributed by atoms with Crippen molar-refractivity contribution in [1.82, 2.24) is 15.0 Å². The predicted molar refractivity (Wildman–Crippen MR) is 158 cm³/mol. The number of hydrogen-bond donors (Lipinski definition) is 3. The summed E-state index contributed by atoms with van der Waals surface area (Å²) in [6.07, 6.45) is 13.0. The molecule has 8 aliphatic rings. The predicted octanol–water partition coefficient (Wildman–Crippen LogP) is 6.11. The SMILES string of the molecule is O=C1[C@@H]2CC3C[C@H]1CC(C(=O)Nc1ccc(-c4nc5cc(NC(=O)C67CC8CC(CC(C8)C6)C7)ncc5[nH]4)cc1)(C3)C2. The summed E-state index contributed by atoms with van der Waals surface area (Å²) in [7, 11) is 0. The van der Waals surface area contributed by atoms with Crippen LogP contribution in [0.25, 0.3) is 22.4 Å². The van der Waals surface area contributed by atoms with E-state index in [0.29, 0.717) is 53.9 Å². The molecule has 8 heteroatoms. The Kier molecular flexibility index (Phi) is 5.20. The molecule has 1 aromatic carbocycles. The number of nitrogens with one attached hydrogen (secondary N) is 3. The smallest absolute Gasteiger partial charge is 0.231 e. The molecule has 8 saturated carbocycles. The number of Topliss-reactive ketones (excluding diaryl/α,β-unsaturated/α-hetero) is 1. The van der Waals surface area contributed by atoms with E-state index in [4.69, 9.17) is 4.98 Å². The number of rotatable bonds is 5. The summed E-state index contributed by atoms with van der Waals surface area (Å²) in [5, 5.41) is 6.31. The molecule has 3 N–H and O–H groups in total. The molecule has 4 atom stereocenters. The maximum Gasteiger partial charge on any atom is 0.231 e. The van der Waals surface area contributed by atoms with Crippen LogP contribution < -0.4 is 10.6 Å². The van der Waals surface area contributed by atoms with Crippen molar-refractivity contribution in [3.63, 3.8) is 0 Å². The molecule has 8 aliphatic carbocycles. The molecule has 2 heterocycles. The van der Waals surface area contributed by atoms with Crippen molar-refractivity contribution < 1.29 is 14.4 Å². The second kappa shape index (κ2) is 8.74. The summed E-state index contributed by atoms with van der Waals surface area (Å²) in [5.74, 6) is 4.72. The Morgan fingerprint density at radius 3 is 1.98 bits per heavy atom. The molecular weight excluding hydrogens is 526 g/mol. The molecule has 0 saturated heterocycles. The van der Waals surface area contributed by atoms with Crippen molar-refractivity contribution in [2.45, 2.75) is 70.6 Å². The van der Waals surface area contributed by atoms with Gasteiger partial charge in [0.05, 0.1) is 28.1 Å². The fourth-order valence-electron chi connectivity index (χ4n) is 10.8. The third-order valence-electron chi connectivity index (χ3n) is 12.0. The van der Waals surface area contributed by atoms with Crippen molar-refractivity contribution >= 4 is 40.1 Å². The highest BCUT2D eigenvalue weighted by Crippen LogP contribution is 2.61. The first-order valence-corrected chi connectivity index (χ1v) is 16.0. The van der Waals surface area contributed by atoms with Crippen molar-refractivity contribution in [1.29, 1.82) is 0 Å². The lowest BCUT2D eigenvalue weighted by atomic mass is 9.49. The first-order valence-electron chi connectivity index (χ1n) is 16.0. The molecule has 0 aliphatic heterocycles. The van der Waals surface area contributed by atoms with E-state index in [2.05, 4.69) is 20.6 Å². The number of anilines is 2. The van der Waals surface area contributed by atoms with Crippen LogP contribution in [0.5, 0.6) is 0 Å². The molecule has 0 radical (unpaired) electrons. The van der Waals surface area contributed by atoms with Crippen LogP contribution in [0, 0.1) is 46.3 Å². The lowest BCUT2D eigenvalue weighted by Crippen LogP contribution is -2.55. The first-order chi connectivity index (χ1) is 20.3. The van der Waals surface area contributed by atoms with E-state index < -0.39 is 5.41 Å². The van der Waals surface area contributed by atoms with Crippen LogP contribution in [0.3, 0.4) is 0 Å². The van der Waals surface area contributed by atoms with Crippen LogP contribution in [-0.2, 0) is 14.4 Å². The molecule has 2 aromatic heterocycles. The lowest BCUT2D eigenvalue weighted by Gasteiger charge is -2.55. The number of carbonyl (C=O) groups is 3.